The van der Waals surface area contributed by atoms with Crippen molar-refractivity contribution < 1.29 is 9.53 Å². The van der Waals surface area contributed by atoms with Gasteiger partial charge < -0.3 is 10.1 Å². The van der Waals surface area contributed by atoms with E-state index in [0.29, 0.717) is 6.54 Å². The number of ether oxygens (including phenoxy) is 1. The van der Waals surface area contributed by atoms with Crippen molar-refractivity contribution in [2.75, 3.05) is 6.54 Å². The van der Waals surface area contributed by atoms with Gasteiger partial charge in [0.15, 0.2) is 0 Å². The van der Waals surface area contributed by atoms with Crippen LogP contribution < -0.4 is 5.32 Å². The topological polar surface area (TPSA) is 64.1 Å². The predicted octanol–water partition coefficient (Wildman–Crippen LogP) is 2.71. The van der Waals surface area contributed by atoms with Crippen LogP contribution in [0, 0.1) is 6.92 Å². The van der Waals surface area contributed by atoms with Crippen LogP contribution in [-0.4, -0.2) is 28.2 Å². The van der Waals surface area contributed by atoms with Crippen LogP contribution in [0.5, 0.6) is 0 Å². The Morgan fingerprint density at radius 2 is 2.00 bits per heavy atom. The van der Waals surface area contributed by atoms with Gasteiger partial charge in [-0.1, -0.05) is 12.2 Å². The second-order valence-corrected chi connectivity index (χ2v) is 5.18. The van der Waals surface area contributed by atoms with Gasteiger partial charge in [0.2, 0.25) is 0 Å². The highest BCUT2D eigenvalue weighted by Crippen LogP contribution is 2.06. The number of hydrogen-bond donors (Lipinski definition) is 1. The highest BCUT2D eigenvalue weighted by atomic mass is 16.6. The molecular weight excluding hydrogens is 242 g/mol. The van der Waals surface area contributed by atoms with Gasteiger partial charge in [-0.15, -0.1) is 0 Å². The average Bonchev–Trinajstić information content (AvgIpc) is 2.29. The van der Waals surface area contributed by atoms with Crippen LogP contribution in [0.4, 0.5) is 4.79 Å². The molecule has 0 unspecified atom stereocenters. The molecule has 0 aromatic carbocycles. The molecule has 0 fully saturated rings. The van der Waals surface area contributed by atoms with E-state index in [1.807, 2.05) is 39.8 Å². The molecule has 19 heavy (non-hydrogen) atoms. The Kier molecular flexibility index (Phi) is 5.48. The van der Waals surface area contributed by atoms with E-state index in [1.54, 1.807) is 12.4 Å². The molecule has 0 aliphatic carbocycles. The predicted molar refractivity (Wildman–Crippen MR) is 74.7 cm³/mol. The summed E-state index contributed by atoms with van der Waals surface area (Å²) in [5.41, 5.74) is 0.488. The average molecular weight is 263 g/mol. The van der Waals surface area contributed by atoms with Crippen molar-refractivity contribution in [3.05, 3.63) is 29.9 Å². The molecule has 1 aromatic rings. The highest BCUT2D eigenvalue weighted by molar-refractivity contribution is 5.67. The monoisotopic (exact) mass is 263 g/mol. The van der Waals surface area contributed by atoms with Crippen LogP contribution in [-0.2, 0) is 4.74 Å². The molecule has 5 heteroatoms. The molecule has 1 heterocycles. The maximum Gasteiger partial charge on any atom is 0.407 e. The number of hydrogen-bond acceptors (Lipinski definition) is 4. The minimum atomic E-state index is -0.459. The summed E-state index contributed by atoms with van der Waals surface area (Å²) in [7, 11) is 0. The van der Waals surface area contributed by atoms with E-state index in [9.17, 15) is 4.79 Å². The number of aromatic nitrogens is 2. The Balaban J connectivity index is 2.24. The lowest BCUT2D eigenvalue weighted by Crippen LogP contribution is -2.32. The van der Waals surface area contributed by atoms with E-state index >= 15 is 0 Å². The first-order chi connectivity index (χ1) is 8.87. The first kappa shape index (κ1) is 15.1. The summed E-state index contributed by atoms with van der Waals surface area (Å²) in [5.74, 6) is 0.753. The largest absolute Gasteiger partial charge is 0.444 e. The fourth-order valence-electron chi connectivity index (χ4n) is 1.28. The maximum absolute atomic E-state index is 11.4. The number of aryl methyl sites for hydroxylation is 1. The first-order valence-corrected chi connectivity index (χ1v) is 6.29. The van der Waals surface area contributed by atoms with Crippen LogP contribution >= 0.6 is 0 Å². The molecular formula is C14H21N3O2. The lowest BCUT2D eigenvalue weighted by atomic mass is 10.2. The van der Waals surface area contributed by atoms with Crippen LogP contribution in [0.3, 0.4) is 0 Å². The van der Waals surface area contributed by atoms with Gasteiger partial charge in [0, 0.05) is 24.5 Å². The minimum absolute atomic E-state index is 0.389. The van der Waals surface area contributed by atoms with Crippen LogP contribution in [0.2, 0.25) is 0 Å². The lowest BCUT2D eigenvalue weighted by molar-refractivity contribution is 0.0529. The van der Waals surface area contributed by atoms with Crippen molar-refractivity contribution in [1.82, 2.24) is 15.3 Å². The molecule has 1 rings (SSSR count). The van der Waals surface area contributed by atoms with Gasteiger partial charge in [-0.05, 0) is 34.1 Å². The number of alkyl carbamates (subject to hydrolysis) is 1. The molecule has 5 nitrogen and oxygen atoms in total. The number of nitrogens with zero attached hydrogens (tertiary/aromatic N) is 2. The van der Waals surface area contributed by atoms with Gasteiger partial charge >= 0.3 is 6.09 Å². The van der Waals surface area contributed by atoms with E-state index in [-0.39, 0.29) is 6.09 Å². The van der Waals surface area contributed by atoms with Crippen molar-refractivity contribution in [2.45, 2.75) is 39.7 Å². The Labute approximate surface area is 114 Å². The molecule has 1 N–H and O–H groups in total. The molecule has 0 saturated carbocycles. The van der Waals surface area contributed by atoms with E-state index < -0.39 is 5.60 Å². The van der Waals surface area contributed by atoms with E-state index in [0.717, 1.165) is 17.8 Å². The van der Waals surface area contributed by atoms with Crippen molar-refractivity contribution in [3.8, 4) is 0 Å². The van der Waals surface area contributed by atoms with Crippen LogP contribution in [0.15, 0.2) is 18.5 Å². The van der Waals surface area contributed by atoms with Crippen molar-refractivity contribution in [2.24, 2.45) is 0 Å². The van der Waals surface area contributed by atoms with E-state index in [1.165, 1.54) is 0 Å². The number of carbonyl (C=O) groups excluding carboxylic acids is 1. The van der Waals surface area contributed by atoms with Crippen molar-refractivity contribution >= 4 is 12.2 Å². The summed E-state index contributed by atoms with van der Waals surface area (Å²) in [5, 5.41) is 2.69. The zero-order valence-electron chi connectivity index (χ0n) is 11.9. The normalized spacial score (nSPS) is 11.6. The van der Waals surface area contributed by atoms with Crippen LogP contribution in [0.25, 0.3) is 6.08 Å². The third-order valence-electron chi connectivity index (χ3n) is 2.09. The number of carbonyl (C=O) groups is 1. The van der Waals surface area contributed by atoms with Crippen molar-refractivity contribution in [3.63, 3.8) is 0 Å². The smallest absolute Gasteiger partial charge is 0.407 e. The van der Waals surface area contributed by atoms with Gasteiger partial charge in [-0.3, -0.25) is 0 Å². The quantitative estimate of drug-likeness (QED) is 0.848. The standard InChI is InChI=1S/C14H21N3O2/c1-11-16-9-12(10-17-11)7-5-6-8-15-13(18)19-14(2,3)4/h5,7,9-10H,6,8H2,1-4H3,(H,15,18). The molecule has 1 amide bonds. The Bertz CT molecular complexity index is 433. The molecule has 104 valence electrons. The Hall–Kier alpha value is -1.91. The SMILES string of the molecule is Cc1ncc(C=CCCNC(=O)OC(C)(C)C)cn1. The van der Waals surface area contributed by atoms with Gasteiger partial charge in [0.25, 0.3) is 0 Å². The summed E-state index contributed by atoms with van der Waals surface area (Å²) in [6.45, 7) is 7.90. The fourth-order valence-corrected chi connectivity index (χ4v) is 1.28. The Morgan fingerprint density at radius 1 is 1.37 bits per heavy atom. The summed E-state index contributed by atoms with van der Waals surface area (Å²) < 4.78 is 5.12. The van der Waals surface area contributed by atoms with Gasteiger partial charge in [-0.2, -0.15) is 0 Å². The Morgan fingerprint density at radius 3 is 2.58 bits per heavy atom. The zero-order chi connectivity index (χ0) is 14.3. The van der Waals surface area contributed by atoms with Gasteiger partial charge in [-0.25, -0.2) is 14.8 Å². The molecule has 0 aliphatic heterocycles. The molecule has 0 atom stereocenters. The zero-order valence-corrected chi connectivity index (χ0v) is 11.9. The fraction of sp³-hybridized carbons (Fsp3) is 0.500. The number of rotatable bonds is 4. The maximum atomic E-state index is 11.4. The third kappa shape index (κ3) is 7.18. The lowest BCUT2D eigenvalue weighted by Gasteiger charge is -2.19. The molecule has 0 saturated heterocycles. The van der Waals surface area contributed by atoms with E-state index in [4.69, 9.17) is 4.74 Å². The molecule has 0 bridgehead atoms. The molecule has 1 aromatic heterocycles. The first-order valence-electron chi connectivity index (χ1n) is 6.29. The second-order valence-electron chi connectivity index (χ2n) is 5.18. The van der Waals surface area contributed by atoms with E-state index in [2.05, 4.69) is 15.3 Å². The summed E-state index contributed by atoms with van der Waals surface area (Å²) >= 11 is 0. The third-order valence-corrected chi connectivity index (χ3v) is 2.09. The highest BCUT2D eigenvalue weighted by Gasteiger charge is 2.14. The number of nitrogens with one attached hydrogen (secondary N) is 1. The van der Waals surface area contributed by atoms with Crippen molar-refractivity contribution in [1.29, 1.82) is 0 Å². The second kappa shape index (κ2) is 6.87. The summed E-state index contributed by atoms with van der Waals surface area (Å²) in [4.78, 5) is 19.5. The molecule has 0 aliphatic rings. The number of amides is 1. The summed E-state index contributed by atoms with van der Waals surface area (Å²) in [6, 6.07) is 0. The molecule has 0 spiro atoms. The molecule has 0 radical (unpaired) electrons. The van der Waals surface area contributed by atoms with Crippen LogP contribution in [0.1, 0.15) is 38.6 Å². The van der Waals surface area contributed by atoms with Gasteiger partial charge in [0.1, 0.15) is 11.4 Å². The van der Waals surface area contributed by atoms with Gasteiger partial charge in [0.05, 0.1) is 0 Å². The summed E-state index contributed by atoms with van der Waals surface area (Å²) in [6.07, 6.45) is 7.76. The minimum Gasteiger partial charge on any atom is -0.444 e.